The van der Waals surface area contributed by atoms with Crippen LogP contribution in [0.5, 0.6) is 0 Å². The number of fused-ring (bicyclic) bond motifs is 1. The standard InChI is InChI=1S/C27H21F7O/c1-15-2-7-25(35-14-15)18-12-22(28)20(23(29)13-18)6-4-16-3-5-19-17(10-16)11-24(30)21(26(19)31)8-9-27(32,33)34/h3,5,10-13,15,25H,2,4,6-7,14H2,1H3. The van der Waals surface area contributed by atoms with Crippen molar-refractivity contribution in [3.05, 3.63) is 81.9 Å². The number of aryl methyl sites for hydroxylation is 1. The van der Waals surface area contributed by atoms with Gasteiger partial charge in [0.05, 0.1) is 11.7 Å². The van der Waals surface area contributed by atoms with E-state index in [0.717, 1.165) is 18.4 Å². The van der Waals surface area contributed by atoms with Crippen LogP contribution in [0.15, 0.2) is 36.4 Å². The lowest BCUT2D eigenvalue weighted by Gasteiger charge is -2.27. The number of hydrogen-bond donors (Lipinski definition) is 0. The van der Waals surface area contributed by atoms with Gasteiger partial charge in [0.25, 0.3) is 0 Å². The van der Waals surface area contributed by atoms with Crippen LogP contribution in [0, 0.1) is 41.0 Å². The second kappa shape index (κ2) is 9.90. The van der Waals surface area contributed by atoms with Crippen molar-refractivity contribution >= 4 is 10.8 Å². The molecule has 184 valence electrons. The molecule has 1 saturated heterocycles. The van der Waals surface area contributed by atoms with Crippen molar-refractivity contribution in [1.29, 1.82) is 0 Å². The third kappa shape index (κ3) is 5.79. The van der Waals surface area contributed by atoms with Gasteiger partial charge in [-0.1, -0.05) is 31.0 Å². The van der Waals surface area contributed by atoms with Gasteiger partial charge in [0.1, 0.15) is 23.3 Å². The minimum Gasteiger partial charge on any atom is -0.373 e. The lowest BCUT2D eigenvalue weighted by Crippen LogP contribution is -2.19. The van der Waals surface area contributed by atoms with Gasteiger partial charge < -0.3 is 4.74 Å². The number of rotatable bonds is 4. The van der Waals surface area contributed by atoms with Crippen LogP contribution < -0.4 is 0 Å². The van der Waals surface area contributed by atoms with Gasteiger partial charge in [0, 0.05) is 23.5 Å². The molecule has 0 radical (unpaired) electrons. The Kier molecular flexibility index (Phi) is 7.09. The summed E-state index contributed by atoms with van der Waals surface area (Å²) in [5.41, 5.74) is -0.0639. The molecule has 2 unspecified atom stereocenters. The molecule has 1 aliphatic rings. The Bertz CT molecular complexity index is 1290. The zero-order chi connectivity index (χ0) is 25.3. The Balaban J connectivity index is 1.54. The van der Waals surface area contributed by atoms with Crippen molar-refractivity contribution in [3.8, 4) is 11.8 Å². The monoisotopic (exact) mass is 494 g/mol. The highest BCUT2D eigenvalue weighted by Crippen LogP contribution is 2.32. The molecule has 0 bridgehead atoms. The van der Waals surface area contributed by atoms with Crippen LogP contribution >= 0.6 is 0 Å². The van der Waals surface area contributed by atoms with Crippen LogP contribution in [-0.4, -0.2) is 12.8 Å². The van der Waals surface area contributed by atoms with E-state index in [1.807, 2.05) is 0 Å². The topological polar surface area (TPSA) is 9.23 Å². The largest absolute Gasteiger partial charge is 0.458 e. The van der Waals surface area contributed by atoms with Gasteiger partial charge >= 0.3 is 6.18 Å². The molecule has 0 amide bonds. The van der Waals surface area contributed by atoms with Gasteiger partial charge in [0.2, 0.25) is 0 Å². The summed E-state index contributed by atoms with van der Waals surface area (Å²) in [6.45, 7) is 2.59. The van der Waals surface area contributed by atoms with Crippen LogP contribution in [0.2, 0.25) is 0 Å². The quantitative estimate of drug-likeness (QED) is 0.268. The highest BCUT2D eigenvalue weighted by Gasteiger charge is 2.24. The summed E-state index contributed by atoms with van der Waals surface area (Å²) in [4.78, 5) is 0. The normalized spacial score (nSPS) is 18.4. The first-order valence-corrected chi connectivity index (χ1v) is 11.1. The smallest absolute Gasteiger partial charge is 0.373 e. The zero-order valence-corrected chi connectivity index (χ0v) is 18.7. The minimum absolute atomic E-state index is 0.00607. The Morgan fingerprint density at radius 1 is 0.914 bits per heavy atom. The van der Waals surface area contributed by atoms with Crippen LogP contribution in [0.3, 0.4) is 0 Å². The summed E-state index contributed by atoms with van der Waals surface area (Å²) in [6.07, 6.45) is -3.45. The third-order valence-corrected chi connectivity index (χ3v) is 6.12. The summed E-state index contributed by atoms with van der Waals surface area (Å²) >= 11 is 0. The highest BCUT2D eigenvalue weighted by atomic mass is 19.4. The van der Waals surface area contributed by atoms with Crippen molar-refractivity contribution in [3.63, 3.8) is 0 Å². The summed E-state index contributed by atoms with van der Waals surface area (Å²) in [7, 11) is 0. The van der Waals surface area contributed by atoms with E-state index < -0.39 is 35.0 Å². The molecule has 4 rings (SSSR count). The average molecular weight is 494 g/mol. The van der Waals surface area contributed by atoms with Gasteiger partial charge in [-0.3, -0.25) is 0 Å². The van der Waals surface area contributed by atoms with Gasteiger partial charge in [0.15, 0.2) is 0 Å². The molecule has 1 nitrogen and oxygen atoms in total. The summed E-state index contributed by atoms with van der Waals surface area (Å²) in [5, 5.41) is 0.000153. The van der Waals surface area contributed by atoms with Crippen LogP contribution in [0.1, 0.15) is 48.1 Å². The Hall–Kier alpha value is -3.05. The Morgan fingerprint density at radius 2 is 1.63 bits per heavy atom. The number of halogens is 7. The summed E-state index contributed by atoms with van der Waals surface area (Å²) in [5.74, 6) is -1.03. The molecule has 1 aliphatic heterocycles. The fraction of sp³-hybridized carbons (Fsp3) is 0.333. The van der Waals surface area contributed by atoms with Crippen LogP contribution in [-0.2, 0) is 17.6 Å². The summed E-state index contributed by atoms with van der Waals surface area (Å²) in [6, 6.07) is 7.66. The Labute approximate surface area is 197 Å². The average Bonchev–Trinajstić information content (AvgIpc) is 2.78. The third-order valence-electron chi connectivity index (χ3n) is 6.12. The van der Waals surface area contributed by atoms with E-state index in [2.05, 4.69) is 6.92 Å². The van der Waals surface area contributed by atoms with Crippen molar-refractivity contribution in [1.82, 2.24) is 0 Å². The molecule has 0 aliphatic carbocycles. The molecule has 0 spiro atoms. The lowest BCUT2D eigenvalue weighted by molar-refractivity contribution is -0.0696. The van der Waals surface area contributed by atoms with Crippen LogP contribution in [0.25, 0.3) is 10.8 Å². The molecule has 1 heterocycles. The molecule has 0 saturated carbocycles. The molecular weight excluding hydrogens is 473 g/mol. The Morgan fingerprint density at radius 3 is 2.26 bits per heavy atom. The van der Waals surface area contributed by atoms with E-state index in [9.17, 15) is 30.7 Å². The first-order valence-electron chi connectivity index (χ1n) is 11.1. The number of alkyl halides is 3. The second-order valence-corrected chi connectivity index (χ2v) is 8.82. The number of ether oxygens (including phenoxy) is 1. The molecular formula is C27H21F7O. The van der Waals surface area contributed by atoms with E-state index in [-0.39, 0.29) is 35.3 Å². The van der Waals surface area contributed by atoms with E-state index in [1.54, 1.807) is 0 Å². The SMILES string of the molecule is CC1CCC(c2cc(F)c(CCc3ccc4c(F)c(C#CC(F)(F)F)c(F)cc4c3)c(F)c2)OC1. The minimum atomic E-state index is -4.89. The maximum absolute atomic E-state index is 14.7. The van der Waals surface area contributed by atoms with E-state index >= 15 is 0 Å². The summed E-state index contributed by atoms with van der Waals surface area (Å²) < 4.78 is 101. The van der Waals surface area contributed by atoms with E-state index in [4.69, 9.17) is 4.74 Å². The predicted molar refractivity (Wildman–Crippen MR) is 118 cm³/mol. The maximum atomic E-state index is 14.7. The fourth-order valence-electron chi connectivity index (χ4n) is 4.25. The lowest BCUT2D eigenvalue weighted by atomic mass is 9.94. The van der Waals surface area contributed by atoms with Crippen molar-refractivity contribution in [2.75, 3.05) is 6.61 Å². The number of benzene rings is 3. The molecule has 2 atom stereocenters. The van der Waals surface area contributed by atoms with Crippen molar-refractivity contribution < 1.29 is 35.5 Å². The highest BCUT2D eigenvalue weighted by molar-refractivity contribution is 5.85. The van der Waals surface area contributed by atoms with Gasteiger partial charge in [-0.05, 0) is 66.3 Å². The van der Waals surface area contributed by atoms with E-state index in [0.29, 0.717) is 30.1 Å². The molecule has 3 aromatic carbocycles. The molecule has 35 heavy (non-hydrogen) atoms. The first-order chi connectivity index (χ1) is 16.5. The van der Waals surface area contributed by atoms with E-state index in [1.165, 1.54) is 36.3 Å². The fourth-order valence-corrected chi connectivity index (χ4v) is 4.25. The van der Waals surface area contributed by atoms with Gasteiger partial charge in [-0.15, -0.1) is 0 Å². The van der Waals surface area contributed by atoms with Crippen molar-refractivity contribution in [2.45, 2.75) is 44.9 Å². The van der Waals surface area contributed by atoms with Crippen LogP contribution in [0.4, 0.5) is 30.7 Å². The van der Waals surface area contributed by atoms with Gasteiger partial charge in [-0.25, -0.2) is 17.6 Å². The maximum Gasteiger partial charge on any atom is 0.458 e. The zero-order valence-electron chi connectivity index (χ0n) is 18.7. The van der Waals surface area contributed by atoms with Gasteiger partial charge in [-0.2, -0.15) is 13.2 Å². The molecule has 8 heteroatoms. The van der Waals surface area contributed by atoms with Crippen molar-refractivity contribution in [2.24, 2.45) is 5.92 Å². The molecule has 3 aromatic rings. The molecule has 0 aromatic heterocycles. The second-order valence-electron chi connectivity index (χ2n) is 8.82. The molecule has 0 N–H and O–H groups in total. The molecule has 1 fully saturated rings. The number of hydrogen-bond acceptors (Lipinski definition) is 1. The first kappa shape index (κ1) is 25.1. The predicted octanol–water partition coefficient (Wildman–Crippen LogP) is 7.58.